The number of aromatic amines is 1. The first-order valence-corrected chi connectivity index (χ1v) is 11.0. The predicted molar refractivity (Wildman–Crippen MR) is 120 cm³/mol. The molecule has 0 radical (unpaired) electrons. The third-order valence-corrected chi connectivity index (χ3v) is 6.02. The van der Waals surface area contributed by atoms with Crippen LogP contribution in [0.2, 0.25) is 0 Å². The van der Waals surface area contributed by atoms with Crippen LogP contribution in [-0.2, 0) is 6.42 Å². The number of carbonyl (C=O) groups excluding carboxylic acids is 1. The monoisotopic (exact) mass is 421 g/mol. The average Bonchev–Trinajstić information content (AvgIpc) is 2.76. The van der Waals surface area contributed by atoms with Gasteiger partial charge in [0.05, 0.1) is 16.6 Å². The molecule has 2 aromatic carbocycles. The average molecular weight is 422 g/mol. The molecule has 1 amide bonds. The van der Waals surface area contributed by atoms with Crippen molar-refractivity contribution in [3.63, 3.8) is 0 Å². The molecule has 1 aliphatic heterocycles. The van der Waals surface area contributed by atoms with E-state index in [0.717, 1.165) is 30.2 Å². The lowest BCUT2D eigenvalue weighted by Crippen LogP contribution is -2.40. The topological polar surface area (TPSA) is 66.1 Å². The fraction of sp³-hybridized carbons (Fsp3) is 0.400. The molecule has 0 bridgehead atoms. The summed E-state index contributed by atoms with van der Waals surface area (Å²) in [7, 11) is 0. The molecule has 6 heteroatoms. The van der Waals surface area contributed by atoms with Crippen molar-refractivity contribution in [3.05, 3.63) is 75.5 Å². The molecule has 1 saturated heterocycles. The number of carbonyl (C=O) groups is 1. The van der Waals surface area contributed by atoms with Gasteiger partial charge in [-0.3, -0.25) is 9.59 Å². The summed E-state index contributed by atoms with van der Waals surface area (Å²) >= 11 is 0. The Hall–Kier alpha value is -3.02. The first-order chi connectivity index (χ1) is 14.9. The smallest absolute Gasteiger partial charge is 0.272 e. The van der Waals surface area contributed by atoms with Gasteiger partial charge in [0.25, 0.3) is 11.5 Å². The number of halogens is 1. The molecule has 31 heavy (non-hydrogen) atoms. The van der Waals surface area contributed by atoms with Crippen LogP contribution in [0.3, 0.4) is 0 Å². The number of piperidine rings is 1. The summed E-state index contributed by atoms with van der Waals surface area (Å²) in [6.07, 6.45) is 3.55. The Balaban J connectivity index is 1.59. The van der Waals surface area contributed by atoms with Crippen LogP contribution in [0.5, 0.6) is 0 Å². The molecule has 5 nitrogen and oxygen atoms in total. The summed E-state index contributed by atoms with van der Waals surface area (Å²) in [5.41, 5.74) is 1.34. The number of benzene rings is 2. The van der Waals surface area contributed by atoms with E-state index in [-0.39, 0.29) is 17.0 Å². The van der Waals surface area contributed by atoms with Crippen molar-refractivity contribution in [3.8, 4) is 0 Å². The number of rotatable bonds is 5. The van der Waals surface area contributed by atoms with Crippen LogP contribution in [0, 0.1) is 17.7 Å². The van der Waals surface area contributed by atoms with E-state index in [1.165, 1.54) is 6.07 Å². The molecule has 1 unspecified atom stereocenters. The van der Waals surface area contributed by atoms with Gasteiger partial charge in [-0.25, -0.2) is 9.49 Å². The van der Waals surface area contributed by atoms with Crippen LogP contribution in [0.25, 0.3) is 10.8 Å². The lowest BCUT2D eigenvalue weighted by molar-refractivity contribution is 0.0654. The summed E-state index contributed by atoms with van der Waals surface area (Å²) in [6, 6.07) is 11.9. The highest BCUT2D eigenvalue weighted by molar-refractivity contribution is 5.95. The van der Waals surface area contributed by atoms with Crippen molar-refractivity contribution >= 4 is 16.7 Å². The Kier molecular flexibility index (Phi) is 6.16. The molecule has 3 aromatic rings. The van der Waals surface area contributed by atoms with E-state index < -0.39 is 5.82 Å². The minimum Gasteiger partial charge on any atom is -0.338 e. The number of amides is 1. The lowest BCUT2D eigenvalue weighted by Gasteiger charge is -2.33. The highest BCUT2D eigenvalue weighted by Crippen LogP contribution is 2.25. The molecule has 1 atom stereocenters. The zero-order valence-corrected chi connectivity index (χ0v) is 18.0. The van der Waals surface area contributed by atoms with Gasteiger partial charge in [0.1, 0.15) is 5.82 Å². The van der Waals surface area contributed by atoms with Gasteiger partial charge in [0.2, 0.25) is 0 Å². The van der Waals surface area contributed by atoms with Gasteiger partial charge in [-0.2, -0.15) is 5.10 Å². The molecular weight excluding hydrogens is 393 g/mol. The molecule has 1 aromatic heterocycles. The molecule has 1 aliphatic rings. The standard InChI is InChI=1S/C25H28FN3O2/c1-16(2)12-18-6-5-11-29(15-18)25(31)21-13-17(9-10-22(21)26)14-23-19-7-3-4-8-20(19)24(30)28-27-23/h3-4,7-10,13,16,18H,5-6,11-12,14-15H2,1-2H3,(H,28,30). The minimum atomic E-state index is -0.501. The number of nitrogens with zero attached hydrogens (tertiary/aromatic N) is 2. The Bertz CT molecular complexity index is 1150. The van der Waals surface area contributed by atoms with Crippen molar-refractivity contribution in [2.75, 3.05) is 13.1 Å². The van der Waals surface area contributed by atoms with E-state index in [4.69, 9.17) is 0 Å². The number of aromatic nitrogens is 2. The molecule has 0 aliphatic carbocycles. The van der Waals surface area contributed by atoms with Crippen LogP contribution >= 0.6 is 0 Å². The summed E-state index contributed by atoms with van der Waals surface area (Å²) < 4.78 is 14.6. The highest BCUT2D eigenvalue weighted by atomic mass is 19.1. The van der Waals surface area contributed by atoms with Crippen molar-refractivity contribution in [1.29, 1.82) is 0 Å². The molecule has 162 valence electrons. The Morgan fingerprint density at radius 3 is 2.77 bits per heavy atom. The molecular formula is C25H28FN3O2. The van der Waals surface area contributed by atoms with Gasteiger partial charge < -0.3 is 4.90 Å². The summed E-state index contributed by atoms with van der Waals surface area (Å²) in [5, 5.41) is 8.05. The summed E-state index contributed by atoms with van der Waals surface area (Å²) in [5.74, 6) is 0.312. The third kappa shape index (κ3) is 4.68. The van der Waals surface area contributed by atoms with Crippen LogP contribution in [0.4, 0.5) is 4.39 Å². The summed E-state index contributed by atoms with van der Waals surface area (Å²) in [6.45, 7) is 5.74. The fourth-order valence-corrected chi connectivity index (χ4v) is 4.62. The fourth-order valence-electron chi connectivity index (χ4n) is 4.62. The lowest BCUT2D eigenvalue weighted by atomic mass is 9.89. The van der Waals surface area contributed by atoms with Crippen molar-refractivity contribution in [2.45, 2.75) is 39.5 Å². The second-order valence-electron chi connectivity index (χ2n) is 8.92. The number of H-pyrrole nitrogens is 1. The SMILES string of the molecule is CC(C)CC1CCCN(C(=O)c2cc(Cc3n[nH]c(=O)c4ccccc34)ccc2F)C1. The number of nitrogens with one attached hydrogen (secondary N) is 1. The normalized spacial score (nSPS) is 16.8. The van der Waals surface area contributed by atoms with E-state index in [2.05, 4.69) is 24.0 Å². The quantitative estimate of drug-likeness (QED) is 0.657. The van der Waals surface area contributed by atoms with Crippen molar-refractivity contribution < 1.29 is 9.18 Å². The molecule has 2 heterocycles. The zero-order valence-electron chi connectivity index (χ0n) is 18.0. The summed E-state index contributed by atoms with van der Waals surface area (Å²) in [4.78, 5) is 27.0. The van der Waals surface area contributed by atoms with E-state index in [1.807, 2.05) is 12.1 Å². The number of hydrogen-bond acceptors (Lipinski definition) is 3. The minimum absolute atomic E-state index is 0.108. The molecule has 1 N–H and O–H groups in total. The largest absolute Gasteiger partial charge is 0.338 e. The second kappa shape index (κ2) is 9.00. The number of hydrogen-bond donors (Lipinski definition) is 1. The first kappa shape index (κ1) is 21.2. The molecule has 0 saturated carbocycles. The first-order valence-electron chi connectivity index (χ1n) is 11.0. The third-order valence-electron chi connectivity index (χ3n) is 6.02. The van der Waals surface area contributed by atoms with Crippen LogP contribution in [0.15, 0.2) is 47.3 Å². The molecule has 0 spiro atoms. The maximum Gasteiger partial charge on any atom is 0.272 e. The van der Waals surface area contributed by atoms with E-state index in [0.29, 0.717) is 42.4 Å². The second-order valence-corrected chi connectivity index (χ2v) is 8.92. The zero-order chi connectivity index (χ0) is 22.0. The van der Waals surface area contributed by atoms with E-state index in [1.54, 1.807) is 29.2 Å². The van der Waals surface area contributed by atoms with Gasteiger partial charge in [0, 0.05) is 24.9 Å². The van der Waals surface area contributed by atoms with E-state index >= 15 is 0 Å². The van der Waals surface area contributed by atoms with E-state index in [9.17, 15) is 14.0 Å². The van der Waals surface area contributed by atoms with Crippen molar-refractivity contribution in [1.82, 2.24) is 15.1 Å². The van der Waals surface area contributed by atoms with Crippen LogP contribution in [0.1, 0.15) is 54.7 Å². The Morgan fingerprint density at radius 2 is 2.00 bits per heavy atom. The van der Waals surface area contributed by atoms with Gasteiger partial charge in [-0.1, -0.05) is 38.1 Å². The Labute approximate surface area is 181 Å². The van der Waals surface area contributed by atoms with Gasteiger partial charge >= 0.3 is 0 Å². The Morgan fingerprint density at radius 1 is 1.23 bits per heavy atom. The molecule has 1 fully saturated rings. The van der Waals surface area contributed by atoms with Gasteiger partial charge in [-0.05, 0) is 54.9 Å². The van der Waals surface area contributed by atoms with Crippen molar-refractivity contribution in [2.24, 2.45) is 11.8 Å². The maximum atomic E-state index is 14.6. The van der Waals surface area contributed by atoms with Gasteiger partial charge in [0.15, 0.2) is 0 Å². The van der Waals surface area contributed by atoms with Gasteiger partial charge in [-0.15, -0.1) is 0 Å². The maximum absolute atomic E-state index is 14.6. The highest BCUT2D eigenvalue weighted by Gasteiger charge is 2.26. The van der Waals surface area contributed by atoms with Crippen LogP contribution < -0.4 is 5.56 Å². The van der Waals surface area contributed by atoms with Crippen LogP contribution in [-0.4, -0.2) is 34.1 Å². The molecule has 4 rings (SSSR count). The number of likely N-dealkylation sites (tertiary alicyclic amines) is 1. The number of fused-ring (bicyclic) bond motifs is 1. The predicted octanol–water partition coefficient (Wildman–Crippen LogP) is 4.55.